The van der Waals surface area contributed by atoms with Crippen LogP contribution in [0.3, 0.4) is 0 Å². The molecule has 68 valence electrons. The maximum absolute atomic E-state index is 3.89. The van der Waals surface area contributed by atoms with Crippen LogP contribution in [0, 0.1) is 0 Å². The second kappa shape index (κ2) is 3.53. The second-order valence-electron chi connectivity index (χ2n) is 2.99. The molecule has 0 unspecified atom stereocenters. The predicted molar refractivity (Wildman–Crippen MR) is 50.6 cm³/mol. The zero-order valence-corrected chi connectivity index (χ0v) is 7.57. The first-order valence-electron chi connectivity index (χ1n) is 4.34. The van der Waals surface area contributed by atoms with E-state index in [2.05, 4.69) is 27.8 Å². The van der Waals surface area contributed by atoms with Crippen LogP contribution in [-0.4, -0.2) is 28.4 Å². The van der Waals surface area contributed by atoms with Crippen LogP contribution in [0.4, 0.5) is 0 Å². The van der Waals surface area contributed by atoms with E-state index in [1.807, 2.05) is 13.2 Å². The highest BCUT2D eigenvalue weighted by atomic mass is 15.4. The lowest BCUT2D eigenvalue weighted by Gasteiger charge is -2.00. The Morgan fingerprint density at radius 1 is 1.54 bits per heavy atom. The van der Waals surface area contributed by atoms with Gasteiger partial charge < -0.3 is 5.32 Å². The Morgan fingerprint density at radius 2 is 2.46 bits per heavy atom. The Balaban J connectivity index is 2.26. The molecular formula is C9H12N4. The Kier molecular flexibility index (Phi) is 2.23. The summed E-state index contributed by atoms with van der Waals surface area (Å²) in [6.07, 6.45) is 4.74. The van der Waals surface area contributed by atoms with E-state index in [-0.39, 0.29) is 0 Å². The zero-order valence-electron chi connectivity index (χ0n) is 7.57. The Bertz CT molecular complexity index is 393. The molecule has 0 aromatic carbocycles. The van der Waals surface area contributed by atoms with Crippen molar-refractivity contribution in [3.8, 4) is 0 Å². The van der Waals surface area contributed by atoms with E-state index in [9.17, 15) is 0 Å². The van der Waals surface area contributed by atoms with Gasteiger partial charge in [0, 0.05) is 6.20 Å². The summed E-state index contributed by atoms with van der Waals surface area (Å²) in [4.78, 5) is 0. The van der Waals surface area contributed by atoms with Crippen molar-refractivity contribution < 1.29 is 0 Å². The number of rotatable bonds is 3. The molecule has 0 aliphatic rings. The summed E-state index contributed by atoms with van der Waals surface area (Å²) in [7, 11) is 1.96. The van der Waals surface area contributed by atoms with Gasteiger partial charge in [-0.25, -0.2) is 4.52 Å². The molecule has 0 aliphatic heterocycles. The van der Waals surface area contributed by atoms with Crippen molar-refractivity contribution in [2.75, 3.05) is 13.6 Å². The molecule has 2 heterocycles. The predicted octanol–water partition coefficient (Wildman–Crippen LogP) is 0.491. The molecule has 2 aromatic heterocycles. The number of nitrogens with one attached hydrogen (secondary N) is 1. The van der Waals surface area contributed by atoms with Crippen LogP contribution in [-0.2, 0) is 6.42 Å². The molecule has 0 saturated carbocycles. The van der Waals surface area contributed by atoms with Gasteiger partial charge in [-0.15, -0.1) is 5.10 Å². The molecule has 0 amide bonds. The monoisotopic (exact) mass is 176 g/mol. The first kappa shape index (κ1) is 8.19. The molecule has 4 heteroatoms. The van der Waals surface area contributed by atoms with Gasteiger partial charge >= 0.3 is 0 Å². The maximum Gasteiger partial charge on any atom is 0.0867 e. The number of nitrogens with zero attached hydrogens (tertiary/aromatic N) is 3. The second-order valence-corrected chi connectivity index (χ2v) is 2.99. The molecule has 0 radical (unpaired) electrons. The van der Waals surface area contributed by atoms with E-state index < -0.39 is 0 Å². The summed E-state index contributed by atoms with van der Waals surface area (Å²) in [5.41, 5.74) is 2.36. The Hall–Kier alpha value is -1.42. The normalized spacial score (nSPS) is 10.8. The molecule has 2 rings (SSSR count). The fourth-order valence-electron chi connectivity index (χ4n) is 1.30. The van der Waals surface area contributed by atoms with E-state index in [0.29, 0.717) is 0 Å². The standard InChI is InChI=1S/C9H12N4/c1-10-4-2-8-3-5-13-9(6-8)7-11-12-13/h3,5-7,10H,2,4H2,1H3. The average Bonchev–Trinajstić information content (AvgIpc) is 2.61. The van der Waals surface area contributed by atoms with Crippen molar-refractivity contribution >= 4 is 5.52 Å². The minimum absolute atomic E-state index is 0.998. The van der Waals surface area contributed by atoms with E-state index >= 15 is 0 Å². The van der Waals surface area contributed by atoms with Crippen molar-refractivity contribution in [3.63, 3.8) is 0 Å². The minimum atomic E-state index is 0.998. The SMILES string of the molecule is CNCCc1ccn2nncc2c1. The smallest absolute Gasteiger partial charge is 0.0867 e. The van der Waals surface area contributed by atoms with Crippen molar-refractivity contribution in [2.24, 2.45) is 0 Å². The van der Waals surface area contributed by atoms with Gasteiger partial charge in [0.2, 0.25) is 0 Å². The molecule has 0 saturated heterocycles. The first-order valence-corrected chi connectivity index (χ1v) is 4.34. The van der Waals surface area contributed by atoms with Crippen LogP contribution in [0.2, 0.25) is 0 Å². The molecular weight excluding hydrogens is 164 g/mol. The van der Waals surface area contributed by atoms with Gasteiger partial charge in [0.15, 0.2) is 0 Å². The fraction of sp³-hybridized carbons (Fsp3) is 0.333. The number of pyridine rings is 1. The van der Waals surface area contributed by atoms with E-state index in [1.54, 1.807) is 10.7 Å². The van der Waals surface area contributed by atoms with Gasteiger partial charge in [-0.2, -0.15) is 0 Å². The van der Waals surface area contributed by atoms with Gasteiger partial charge in [-0.1, -0.05) is 5.21 Å². The van der Waals surface area contributed by atoms with Gasteiger partial charge in [0.25, 0.3) is 0 Å². The van der Waals surface area contributed by atoms with Gasteiger partial charge in [0.05, 0.1) is 11.7 Å². The van der Waals surface area contributed by atoms with Crippen molar-refractivity contribution in [2.45, 2.75) is 6.42 Å². The number of hydrogen-bond donors (Lipinski definition) is 1. The number of fused-ring (bicyclic) bond motifs is 1. The van der Waals surface area contributed by atoms with Gasteiger partial charge in [-0.05, 0) is 37.7 Å². The van der Waals surface area contributed by atoms with Crippen molar-refractivity contribution in [1.82, 2.24) is 20.1 Å². The third-order valence-corrected chi connectivity index (χ3v) is 2.03. The number of hydrogen-bond acceptors (Lipinski definition) is 3. The van der Waals surface area contributed by atoms with Gasteiger partial charge in [-0.3, -0.25) is 0 Å². The average molecular weight is 176 g/mol. The molecule has 1 N–H and O–H groups in total. The molecule has 0 spiro atoms. The molecule has 0 fully saturated rings. The lowest BCUT2D eigenvalue weighted by atomic mass is 10.2. The number of aromatic nitrogens is 3. The van der Waals surface area contributed by atoms with Crippen LogP contribution in [0.25, 0.3) is 5.52 Å². The number of likely N-dealkylation sites (N-methyl/N-ethyl adjacent to an activating group) is 1. The quantitative estimate of drug-likeness (QED) is 0.740. The largest absolute Gasteiger partial charge is 0.319 e. The van der Waals surface area contributed by atoms with E-state index in [0.717, 1.165) is 18.5 Å². The lowest BCUT2D eigenvalue weighted by Crippen LogP contribution is -2.10. The third kappa shape index (κ3) is 1.67. The van der Waals surface area contributed by atoms with Gasteiger partial charge in [0.1, 0.15) is 0 Å². The minimum Gasteiger partial charge on any atom is -0.319 e. The maximum atomic E-state index is 3.89. The third-order valence-electron chi connectivity index (χ3n) is 2.03. The van der Waals surface area contributed by atoms with Crippen LogP contribution in [0.1, 0.15) is 5.56 Å². The molecule has 0 bridgehead atoms. The van der Waals surface area contributed by atoms with Crippen LogP contribution >= 0.6 is 0 Å². The molecule has 4 nitrogen and oxygen atoms in total. The molecule has 13 heavy (non-hydrogen) atoms. The summed E-state index contributed by atoms with van der Waals surface area (Å²) in [6.45, 7) is 0.998. The van der Waals surface area contributed by atoms with E-state index in [1.165, 1.54) is 5.56 Å². The van der Waals surface area contributed by atoms with Crippen LogP contribution in [0.5, 0.6) is 0 Å². The fourth-order valence-corrected chi connectivity index (χ4v) is 1.30. The Morgan fingerprint density at radius 3 is 3.31 bits per heavy atom. The zero-order chi connectivity index (χ0) is 9.10. The summed E-state index contributed by atoms with van der Waals surface area (Å²) in [5, 5.41) is 10.8. The summed E-state index contributed by atoms with van der Waals surface area (Å²) in [6, 6.07) is 4.18. The highest BCUT2D eigenvalue weighted by Gasteiger charge is 1.96. The first-order chi connectivity index (χ1) is 6.40. The summed E-state index contributed by atoms with van der Waals surface area (Å²) >= 11 is 0. The highest BCUT2D eigenvalue weighted by molar-refractivity contribution is 5.45. The van der Waals surface area contributed by atoms with Crippen LogP contribution < -0.4 is 5.32 Å². The molecule has 0 aliphatic carbocycles. The van der Waals surface area contributed by atoms with Crippen LogP contribution in [0.15, 0.2) is 24.5 Å². The Labute approximate surface area is 76.6 Å². The summed E-state index contributed by atoms with van der Waals surface area (Å²) < 4.78 is 1.77. The topological polar surface area (TPSA) is 42.2 Å². The highest BCUT2D eigenvalue weighted by Crippen LogP contribution is 2.05. The molecule has 0 atom stereocenters. The lowest BCUT2D eigenvalue weighted by molar-refractivity contribution is 0.788. The van der Waals surface area contributed by atoms with E-state index in [4.69, 9.17) is 0 Å². The molecule has 2 aromatic rings. The summed E-state index contributed by atoms with van der Waals surface area (Å²) in [5.74, 6) is 0. The van der Waals surface area contributed by atoms with Crippen molar-refractivity contribution in [3.05, 3.63) is 30.1 Å². The van der Waals surface area contributed by atoms with Crippen molar-refractivity contribution in [1.29, 1.82) is 0 Å².